The minimum Gasteiger partial charge on any atom is -0.465 e. The number of carbonyl (C=O) groups excluding carboxylic acids is 3. The average molecular weight is 358 g/mol. The quantitative estimate of drug-likeness (QED) is 0.374. The van der Waals surface area contributed by atoms with Crippen molar-refractivity contribution in [1.82, 2.24) is 0 Å². The van der Waals surface area contributed by atoms with Gasteiger partial charge in [-0.15, -0.1) is 0 Å². The average Bonchev–Trinajstić information content (AvgIpc) is 2.90. The molecule has 2 aliphatic rings. The van der Waals surface area contributed by atoms with Crippen LogP contribution in [0.4, 0.5) is 5.69 Å². The fraction of sp³-hybridized carbons (Fsp3) is 0.474. The lowest BCUT2D eigenvalue weighted by Gasteiger charge is -2.37. The van der Waals surface area contributed by atoms with Crippen LogP contribution >= 0.6 is 0 Å². The van der Waals surface area contributed by atoms with Crippen molar-refractivity contribution in [3.8, 4) is 0 Å². The summed E-state index contributed by atoms with van der Waals surface area (Å²) < 4.78 is 4.65. The van der Waals surface area contributed by atoms with Crippen molar-refractivity contribution < 1.29 is 24.3 Å². The van der Waals surface area contributed by atoms with E-state index in [0.29, 0.717) is 24.1 Å². The second kappa shape index (κ2) is 5.65. The van der Waals surface area contributed by atoms with Gasteiger partial charge in [0.15, 0.2) is 5.78 Å². The number of methoxy groups -OCH3 is 1. The molecule has 1 amide bonds. The van der Waals surface area contributed by atoms with Gasteiger partial charge in [-0.2, -0.15) is 0 Å². The maximum Gasteiger partial charge on any atom is 0.337 e. The molecule has 1 aromatic rings. The zero-order chi connectivity index (χ0) is 19.3. The molecule has 2 N–H and O–H groups in total. The molecular weight excluding hydrogens is 336 g/mol. The fourth-order valence-corrected chi connectivity index (χ4v) is 4.50. The van der Waals surface area contributed by atoms with E-state index in [1.807, 2.05) is 20.8 Å². The molecule has 7 heteroatoms. The second-order valence-electron chi connectivity index (χ2n) is 7.66. The summed E-state index contributed by atoms with van der Waals surface area (Å²) in [6.45, 7) is 5.61. The number of ether oxygens (including phenoxy) is 1. The lowest BCUT2D eigenvalue weighted by atomic mass is 9.64. The van der Waals surface area contributed by atoms with Crippen LogP contribution in [0.5, 0.6) is 0 Å². The molecule has 2 fully saturated rings. The Labute approximate surface area is 151 Å². The van der Waals surface area contributed by atoms with E-state index >= 15 is 0 Å². The summed E-state index contributed by atoms with van der Waals surface area (Å²) in [5.41, 5.74) is -1.69. The third kappa shape index (κ3) is 2.00. The van der Waals surface area contributed by atoms with Crippen LogP contribution in [0, 0.1) is 16.2 Å². The van der Waals surface area contributed by atoms with Crippen LogP contribution in [0.1, 0.15) is 44.0 Å². The van der Waals surface area contributed by atoms with Gasteiger partial charge in [-0.25, -0.2) is 4.79 Å². The first-order valence-electron chi connectivity index (χ1n) is 8.43. The summed E-state index contributed by atoms with van der Waals surface area (Å²) >= 11 is 0. The highest BCUT2D eigenvalue weighted by Gasteiger charge is 2.76. The van der Waals surface area contributed by atoms with E-state index in [0.717, 1.165) is 0 Å². The van der Waals surface area contributed by atoms with Gasteiger partial charge in [-0.3, -0.25) is 9.59 Å². The highest BCUT2D eigenvalue weighted by atomic mass is 16.5. The molecule has 0 aliphatic heterocycles. The Hall–Kier alpha value is -2.70. The van der Waals surface area contributed by atoms with Gasteiger partial charge in [0.1, 0.15) is 11.1 Å². The van der Waals surface area contributed by atoms with Crippen molar-refractivity contribution >= 4 is 29.1 Å². The second-order valence-corrected chi connectivity index (χ2v) is 7.66. The molecule has 2 saturated carbocycles. The fourth-order valence-electron chi connectivity index (χ4n) is 4.50. The summed E-state index contributed by atoms with van der Waals surface area (Å²) in [5.74, 6) is -1.30. The van der Waals surface area contributed by atoms with Gasteiger partial charge in [-0.1, -0.05) is 25.9 Å². The third-order valence-electron chi connectivity index (χ3n) is 6.62. The van der Waals surface area contributed by atoms with Crippen molar-refractivity contribution in [2.45, 2.75) is 33.6 Å². The third-order valence-corrected chi connectivity index (χ3v) is 6.62. The molecule has 0 saturated heterocycles. The zero-order valence-corrected chi connectivity index (χ0v) is 15.3. The van der Waals surface area contributed by atoms with Crippen LogP contribution in [-0.4, -0.2) is 35.7 Å². The van der Waals surface area contributed by atoms with E-state index in [4.69, 9.17) is 0 Å². The van der Waals surface area contributed by atoms with Gasteiger partial charge >= 0.3 is 5.97 Å². The lowest BCUT2D eigenvalue weighted by Crippen LogP contribution is -2.47. The molecule has 26 heavy (non-hydrogen) atoms. The molecule has 138 valence electrons. The van der Waals surface area contributed by atoms with Crippen LogP contribution < -0.4 is 5.32 Å². The van der Waals surface area contributed by atoms with E-state index in [9.17, 15) is 19.6 Å². The normalized spacial score (nSPS) is 30.5. The predicted molar refractivity (Wildman–Crippen MR) is 94.2 cm³/mol. The predicted octanol–water partition coefficient (Wildman–Crippen LogP) is 2.64. The van der Waals surface area contributed by atoms with Crippen molar-refractivity contribution in [3.05, 3.63) is 29.8 Å². The molecule has 2 aliphatic carbocycles. The van der Waals surface area contributed by atoms with Crippen LogP contribution in [0.25, 0.3) is 0 Å². The Morgan fingerprint density at radius 3 is 2.27 bits per heavy atom. The number of anilines is 1. The smallest absolute Gasteiger partial charge is 0.337 e. The van der Waals surface area contributed by atoms with Crippen molar-refractivity contribution in [2.24, 2.45) is 21.4 Å². The SMILES string of the molecule is COC(=O)c1ccc(NC(=O)C23CCC(C)(C(=NO)C2=O)C3(C)C)cc1. The Morgan fingerprint density at radius 2 is 1.77 bits per heavy atom. The number of Topliss-reactive ketones (excluding diaryl/α,β-unsaturated/α-hetero) is 1. The van der Waals surface area contributed by atoms with Crippen molar-refractivity contribution in [3.63, 3.8) is 0 Å². The monoisotopic (exact) mass is 358 g/mol. The number of carbonyl (C=O) groups is 3. The molecule has 0 radical (unpaired) electrons. The summed E-state index contributed by atoms with van der Waals surface area (Å²) in [5, 5.41) is 15.4. The topological polar surface area (TPSA) is 105 Å². The number of ketones is 1. The largest absolute Gasteiger partial charge is 0.465 e. The number of rotatable bonds is 3. The molecular formula is C19H22N2O5. The minimum absolute atomic E-state index is 0.0740. The maximum atomic E-state index is 13.1. The molecule has 7 nitrogen and oxygen atoms in total. The molecule has 3 rings (SSSR count). The standard InChI is InChI=1S/C19H22N2O5/c1-17(2)18(3)9-10-19(17,14(22)13(18)21-25)16(24)20-12-7-5-11(6-8-12)15(23)26-4/h5-8,25H,9-10H2,1-4H3,(H,20,24). The number of esters is 1. The summed E-state index contributed by atoms with van der Waals surface area (Å²) in [6.07, 6.45) is 1.00. The molecule has 2 unspecified atom stereocenters. The number of hydrogen-bond donors (Lipinski definition) is 2. The van der Waals surface area contributed by atoms with Gasteiger partial charge in [0.25, 0.3) is 0 Å². The Bertz CT molecular complexity index is 827. The van der Waals surface area contributed by atoms with E-state index in [2.05, 4.69) is 15.2 Å². The van der Waals surface area contributed by atoms with E-state index < -0.39 is 33.9 Å². The number of hydrogen-bond acceptors (Lipinski definition) is 6. The highest BCUT2D eigenvalue weighted by Crippen LogP contribution is 2.69. The minimum atomic E-state index is -1.27. The molecule has 2 atom stereocenters. The number of nitrogens with one attached hydrogen (secondary N) is 1. The molecule has 0 spiro atoms. The summed E-state index contributed by atoms with van der Waals surface area (Å²) in [4.78, 5) is 37.6. The number of oxime groups is 1. The molecule has 2 bridgehead atoms. The Morgan fingerprint density at radius 1 is 1.15 bits per heavy atom. The van der Waals surface area contributed by atoms with Gasteiger partial charge in [0, 0.05) is 11.1 Å². The molecule has 1 aromatic carbocycles. The summed E-state index contributed by atoms with van der Waals surface area (Å²) in [6, 6.07) is 6.25. The number of benzene rings is 1. The van der Waals surface area contributed by atoms with Crippen molar-refractivity contribution in [1.29, 1.82) is 0 Å². The van der Waals surface area contributed by atoms with Crippen molar-refractivity contribution in [2.75, 3.05) is 12.4 Å². The van der Waals surface area contributed by atoms with Gasteiger partial charge in [0.05, 0.1) is 12.7 Å². The number of fused-ring (bicyclic) bond motifs is 2. The molecule has 0 aromatic heterocycles. The van der Waals surface area contributed by atoms with Crippen LogP contribution in [0.2, 0.25) is 0 Å². The van der Waals surface area contributed by atoms with Gasteiger partial charge in [-0.05, 0) is 42.5 Å². The maximum absolute atomic E-state index is 13.1. The highest BCUT2D eigenvalue weighted by molar-refractivity contribution is 6.51. The lowest BCUT2D eigenvalue weighted by molar-refractivity contribution is -0.140. The zero-order valence-electron chi connectivity index (χ0n) is 15.3. The van der Waals surface area contributed by atoms with Gasteiger partial charge in [0.2, 0.25) is 5.91 Å². The van der Waals surface area contributed by atoms with E-state index in [1.165, 1.54) is 7.11 Å². The van der Waals surface area contributed by atoms with Crippen LogP contribution in [-0.2, 0) is 14.3 Å². The Kier molecular flexibility index (Phi) is 3.94. The van der Waals surface area contributed by atoms with E-state index in [1.54, 1.807) is 24.3 Å². The number of amides is 1. The summed E-state index contributed by atoms with van der Waals surface area (Å²) in [7, 11) is 1.29. The molecule has 0 heterocycles. The van der Waals surface area contributed by atoms with Crippen LogP contribution in [0.3, 0.4) is 0 Å². The first-order chi connectivity index (χ1) is 12.2. The van der Waals surface area contributed by atoms with E-state index in [-0.39, 0.29) is 5.71 Å². The van der Waals surface area contributed by atoms with Gasteiger partial charge < -0.3 is 15.3 Å². The Balaban J connectivity index is 1.93. The first kappa shape index (κ1) is 18.1. The first-order valence-corrected chi connectivity index (χ1v) is 8.43. The van der Waals surface area contributed by atoms with Crippen LogP contribution in [0.15, 0.2) is 29.4 Å². The number of nitrogens with zero attached hydrogens (tertiary/aromatic N) is 1.